The number of hydrogen-bond acceptors (Lipinski definition) is 3. The molecule has 2 aromatic carbocycles. The van der Waals surface area contributed by atoms with E-state index in [1.54, 1.807) is 12.1 Å². The molecule has 2 nitrogen and oxygen atoms in total. The highest BCUT2D eigenvalue weighted by Gasteiger charge is 2.34. The van der Waals surface area contributed by atoms with Crippen molar-refractivity contribution in [2.24, 2.45) is 0 Å². The van der Waals surface area contributed by atoms with Crippen LogP contribution in [0.3, 0.4) is 0 Å². The second kappa shape index (κ2) is 7.34. The first kappa shape index (κ1) is 17.0. The van der Waals surface area contributed by atoms with E-state index in [2.05, 4.69) is 0 Å². The lowest BCUT2D eigenvalue weighted by molar-refractivity contribution is -0.113. The van der Waals surface area contributed by atoms with Crippen LogP contribution in [0.1, 0.15) is 12.5 Å². The van der Waals surface area contributed by atoms with Crippen LogP contribution in [0.5, 0.6) is 0 Å². The van der Waals surface area contributed by atoms with Crippen molar-refractivity contribution < 1.29 is 4.79 Å². The van der Waals surface area contributed by atoms with Crippen molar-refractivity contribution in [3.63, 3.8) is 0 Å². The molecule has 0 unspecified atom stereocenters. The first-order chi connectivity index (χ1) is 11.6. The number of para-hydroxylation sites is 1. The van der Waals surface area contributed by atoms with Crippen molar-refractivity contribution in [1.29, 1.82) is 0 Å². The summed E-state index contributed by atoms with van der Waals surface area (Å²) in [5, 5.41) is 0.506. The van der Waals surface area contributed by atoms with E-state index in [1.807, 2.05) is 61.5 Å². The molecule has 120 valence electrons. The Morgan fingerprint density at radius 3 is 2.50 bits per heavy atom. The van der Waals surface area contributed by atoms with Gasteiger partial charge < -0.3 is 0 Å². The molecule has 24 heavy (non-hydrogen) atoms. The van der Waals surface area contributed by atoms with E-state index >= 15 is 0 Å². The third-order valence-electron chi connectivity index (χ3n) is 3.44. The van der Waals surface area contributed by atoms with Crippen LogP contribution in [0, 0.1) is 0 Å². The van der Waals surface area contributed by atoms with Crippen LogP contribution < -0.4 is 4.90 Å². The minimum atomic E-state index is -0.140. The van der Waals surface area contributed by atoms with Gasteiger partial charge in [0.15, 0.2) is 4.32 Å². The van der Waals surface area contributed by atoms with Gasteiger partial charge in [0, 0.05) is 0 Å². The quantitative estimate of drug-likeness (QED) is 0.510. The number of allylic oxidation sites excluding steroid dienone is 2. The zero-order valence-corrected chi connectivity index (χ0v) is 15.3. The summed E-state index contributed by atoms with van der Waals surface area (Å²) in [6.07, 6.45) is 3.89. The summed E-state index contributed by atoms with van der Waals surface area (Å²) in [5.41, 5.74) is 2.70. The number of nitrogens with zero attached hydrogens (tertiary/aromatic N) is 1. The molecule has 1 heterocycles. The standard InChI is InChI=1S/C19H14ClNOS2/c1-13(11-14-7-3-2-4-8-14)12-17-18(22)21(19(23)24-17)16-10-6-5-9-15(16)20/h2-12H,1H3/b13-11-,17-12-. The van der Waals surface area contributed by atoms with E-state index in [0.717, 1.165) is 11.1 Å². The van der Waals surface area contributed by atoms with Crippen molar-refractivity contribution in [1.82, 2.24) is 0 Å². The highest BCUT2D eigenvalue weighted by atomic mass is 35.5. The fraction of sp³-hybridized carbons (Fsp3) is 0.0526. The maximum absolute atomic E-state index is 12.7. The maximum atomic E-state index is 12.7. The molecule has 1 fully saturated rings. The topological polar surface area (TPSA) is 20.3 Å². The molecule has 1 aliphatic heterocycles. The number of rotatable bonds is 3. The van der Waals surface area contributed by atoms with Gasteiger partial charge in [-0.2, -0.15) is 0 Å². The summed E-state index contributed by atoms with van der Waals surface area (Å²) in [5.74, 6) is -0.140. The molecule has 3 rings (SSSR count). The van der Waals surface area contributed by atoms with Crippen LogP contribution in [0.2, 0.25) is 5.02 Å². The number of carbonyl (C=O) groups excluding carboxylic acids is 1. The summed E-state index contributed by atoms with van der Waals surface area (Å²) >= 11 is 12.9. The number of halogens is 1. The number of benzene rings is 2. The summed E-state index contributed by atoms with van der Waals surface area (Å²) < 4.78 is 0.492. The van der Waals surface area contributed by atoms with Crippen molar-refractivity contribution in [2.75, 3.05) is 4.90 Å². The normalized spacial score (nSPS) is 17.0. The third kappa shape index (κ3) is 3.61. The molecule has 0 radical (unpaired) electrons. The molecule has 0 N–H and O–H groups in total. The largest absolute Gasteiger partial charge is 0.270 e. The Labute approximate surface area is 155 Å². The van der Waals surface area contributed by atoms with Crippen molar-refractivity contribution >= 4 is 57.6 Å². The van der Waals surface area contributed by atoms with Gasteiger partial charge in [-0.05, 0) is 36.3 Å². The van der Waals surface area contributed by atoms with Crippen LogP contribution in [0.15, 0.2) is 71.2 Å². The molecule has 1 saturated heterocycles. The Hall–Kier alpha value is -1.88. The predicted octanol–water partition coefficient (Wildman–Crippen LogP) is 5.69. The number of hydrogen-bond donors (Lipinski definition) is 0. The summed E-state index contributed by atoms with van der Waals surface area (Å²) in [6, 6.07) is 17.2. The van der Waals surface area contributed by atoms with Gasteiger partial charge in [-0.15, -0.1) is 0 Å². The molecule has 0 bridgehead atoms. The van der Waals surface area contributed by atoms with Gasteiger partial charge in [0.25, 0.3) is 5.91 Å². The molecule has 5 heteroatoms. The fourth-order valence-electron chi connectivity index (χ4n) is 2.37. The third-order valence-corrected chi connectivity index (χ3v) is 5.06. The molecule has 1 aliphatic rings. The maximum Gasteiger partial charge on any atom is 0.270 e. The lowest BCUT2D eigenvalue weighted by Gasteiger charge is -2.15. The monoisotopic (exact) mass is 371 g/mol. The molecule has 0 saturated carbocycles. The molecule has 0 aromatic heterocycles. The number of amides is 1. The summed E-state index contributed by atoms with van der Waals surface area (Å²) in [4.78, 5) is 14.8. The van der Waals surface area contributed by atoms with Crippen LogP contribution in [0.25, 0.3) is 6.08 Å². The second-order valence-electron chi connectivity index (χ2n) is 5.27. The van der Waals surface area contributed by atoms with Crippen LogP contribution in [-0.2, 0) is 4.79 Å². The van der Waals surface area contributed by atoms with Gasteiger partial charge in [-0.25, -0.2) is 0 Å². The van der Waals surface area contributed by atoms with Gasteiger partial charge in [0.2, 0.25) is 0 Å². The van der Waals surface area contributed by atoms with Gasteiger partial charge in [-0.1, -0.05) is 84.1 Å². The van der Waals surface area contributed by atoms with Crippen LogP contribution in [-0.4, -0.2) is 10.2 Å². The van der Waals surface area contributed by atoms with Crippen molar-refractivity contribution in [3.8, 4) is 0 Å². The van der Waals surface area contributed by atoms with E-state index in [9.17, 15) is 4.79 Å². The number of thiocarbonyl (C=S) groups is 1. The van der Waals surface area contributed by atoms with Gasteiger partial charge >= 0.3 is 0 Å². The van der Waals surface area contributed by atoms with E-state index in [-0.39, 0.29) is 5.91 Å². The Balaban J connectivity index is 1.89. The molecular formula is C19H14ClNOS2. The lowest BCUT2D eigenvalue weighted by Crippen LogP contribution is -2.27. The number of thioether (sulfide) groups is 1. The summed E-state index contributed by atoms with van der Waals surface area (Å²) in [7, 11) is 0. The number of anilines is 1. The van der Waals surface area contributed by atoms with E-state index in [4.69, 9.17) is 23.8 Å². The van der Waals surface area contributed by atoms with Crippen molar-refractivity contribution in [3.05, 3.63) is 81.7 Å². The first-order valence-corrected chi connectivity index (χ1v) is 8.92. The first-order valence-electron chi connectivity index (χ1n) is 7.32. The van der Waals surface area contributed by atoms with Crippen LogP contribution >= 0.6 is 35.6 Å². The summed E-state index contributed by atoms with van der Waals surface area (Å²) in [6.45, 7) is 1.97. The molecular weight excluding hydrogens is 358 g/mol. The van der Waals surface area contributed by atoms with Gasteiger partial charge in [0.1, 0.15) is 0 Å². The number of carbonyl (C=O) groups is 1. The zero-order chi connectivity index (χ0) is 17.1. The minimum absolute atomic E-state index is 0.140. The Bertz CT molecular complexity index is 859. The van der Waals surface area contributed by atoms with Gasteiger partial charge in [0.05, 0.1) is 15.6 Å². The Kier molecular flexibility index (Phi) is 5.19. The van der Waals surface area contributed by atoms with E-state index < -0.39 is 0 Å². The highest BCUT2D eigenvalue weighted by Crippen LogP contribution is 2.38. The zero-order valence-electron chi connectivity index (χ0n) is 12.9. The van der Waals surface area contributed by atoms with E-state index in [1.165, 1.54) is 16.7 Å². The Morgan fingerprint density at radius 2 is 1.79 bits per heavy atom. The minimum Gasteiger partial charge on any atom is -0.268 e. The van der Waals surface area contributed by atoms with Crippen molar-refractivity contribution in [2.45, 2.75) is 6.92 Å². The van der Waals surface area contributed by atoms with Gasteiger partial charge in [-0.3, -0.25) is 9.69 Å². The fourth-order valence-corrected chi connectivity index (χ4v) is 3.92. The molecule has 0 atom stereocenters. The van der Waals surface area contributed by atoms with Crippen LogP contribution in [0.4, 0.5) is 5.69 Å². The lowest BCUT2D eigenvalue weighted by atomic mass is 10.1. The smallest absolute Gasteiger partial charge is 0.268 e. The van der Waals surface area contributed by atoms with E-state index in [0.29, 0.717) is 19.9 Å². The molecule has 1 amide bonds. The molecule has 2 aromatic rings. The molecule has 0 spiro atoms. The predicted molar refractivity (Wildman–Crippen MR) is 107 cm³/mol. The Morgan fingerprint density at radius 1 is 1.12 bits per heavy atom. The SMILES string of the molecule is CC(=C/c1ccccc1)/C=C1\SC(=S)N(c2ccccc2Cl)C1=O. The highest BCUT2D eigenvalue weighted by molar-refractivity contribution is 8.27. The molecule has 0 aliphatic carbocycles. The average molecular weight is 372 g/mol. The average Bonchev–Trinajstić information content (AvgIpc) is 2.83. The second-order valence-corrected chi connectivity index (χ2v) is 7.35.